The van der Waals surface area contributed by atoms with Crippen LogP contribution in [0.1, 0.15) is 45.2 Å². The molecule has 1 aliphatic rings. The molecular formula is C28H35NO5. The maximum absolute atomic E-state index is 12.7. The molecule has 0 bridgehead atoms. The number of rotatable bonds is 10. The highest BCUT2D eigenvalue weighted by Gasteiger charge is 2.59. The molecule has 1 N–H and O–H groups in total. The molecule has 6 heteroatoms. The third kappa shape index (κ3) is 5.75. The van der Waals surface area contributed by atoms with Crippen LogP contribution in [0.3, 0.4) is 0 Å². The van der Waals surface area contributed by atoms with Crippen molar-refractivity contribution in [2.45, 2.75) is 45.5 Å². The highest BCUT2D eigenvalue weighted by Crippen LogP contribution is 2.45. The SMILES string of the molecule is CC(C)CN(CCC1(C(O)(c2ccccc2)c2ccccc2)OC(=O)C=CC(=O)O1)CC(C)C. The van der Waals surface area contributed by atoms with E-state index in [1.807, 2.05) is 12.1 Å². The topological polar surface area (TPSA) is 76.1 Å². The second-order valence-electron chi connectivity index (χ2n) is 9.67. The Morgan fingerprint density at radius 1 is 0.794 bits per heavy atom. The van der Waals surface area contributed by atoms with Gasteiger partial charge < -0.3 is 19.5 Å². The van der Waals surface area contributed by atoms with Crippen molar-refractivity contribution in [1.82, 2.24) is 4.90 Å². The lowest BCUT2D eigenvalue weighted by molar-refractivity contribution is -0.285. The number of benzene rings is 2. The molecule has 1 heterocycles. The highest BCUT2D eigenvalue weighted by molar-refractivity contribution is 5.93. The van der Waals surface area contributed by atoms with E-state index in [0.29, 0.717) is 29.5 Å². The number of aliphatic hydroxyl groups is 1. The average Bonchev–Trinajstić information content (AvgIpc) is 2.96. The maximum Gasteiger partial charge on any atom is 0.334 e. The van der Waals surface area contributed by atoms with Crippen LogP contribution < -0.4 is 0 Å². The first kappa shape index (κ1) is 25.7. The standard InChI is InChI=1S/C28H35NO5/c1-21(2)19-29(20-22(3)4)18-17-27(33-25(30)15-16-26(31)34-27)28(32,23-11-7-5-8-12-23)24-13-9-6-10-14-24/h5-16,21-22,32H,17-20H2,1-4H3. The van der Waals surface area contributed by atoms with Crippen molar-refractivity contribution >= 4 is 11.9 Å². The fourth-order valence-corrected chi connectivity index (χ4v) is 4.54. The number of hydrogen-bond acceptors (Lipinski definition) is 6. The third-order valence-corrected chi connectivity index (χ3v) is 5.82. The molecule has 6 nitrogen and oxygen atoms in total. The van der Waals surface area contributed by atoms with Gasteiger partial charge in [-0.05, 0) is 23.0 Å². The van der Waals surface area contributed by atoms with Crippen molar-refractivity contribution in [2.75, 3.05) is 19.6 Å². The fraction of sp³-hybridized carbons (Fsp3) is 0.429. The molecule has 2 aromatic rings. The van der Waals surface area contributed by atoms with Crippen molar-refractivity contribution in [2.24, 2.45) is 11.8 Å². The van der Waals surface area contributed by atoms with E-state index in [1.165, 1.54) is 0 Å². The molecule has 0 fully saturated rings. The summed E-state index contributed by atoms with van der Waals surface area (Å²) in [4.78, 5) is 27.6. The molecule has 0 spiro atoms. The zero-order chi connectivity index (χ0) is 24.8. The summed E-state index contributed by atoms with van der Waals surface area (Å²) in [5.41, 5.74) is -1.01. The largest absolute Gasteiger partial charge is 0.415 e. The van der Waals surface area contributed by atoms with Crippen molar-refractivity contribution in [1.29, 1.82) is 0 Å². The molecular weight excluding hydrogens is 430 g/mol. The van der Waals surface area contributed by atoms with Gasteiger partial charge in [-0.25, -0.2) is 9.59 Å². The summed E-state index contributed by atoms with van der Waals surface area (Å²) in [7, 11) is 0. The first-order chi connectivity index (χ1) is 16.2. The van der Waals surface area contributed by atoms with Crippen LogP contribution in [0.25, 0.3) is 0 Å². The number of nitrogens with zero attached hydrogens (tertiary/aromatic N) is 1. The van der Waals surface area contributed by atoms with E-state index in [1.54, 1.807) is 48.5 Å². The summed E-state index contributed by atoms with van der Waals surface area (Å²) in [6.45, 7) is 10.7. The maximum atomic E-state index is 12.7. The highest BCUT2D eigenvalue weighted by atomic mass is 16.7. The Bertz CT molecular complexity index is 915. The molecule has 0 saturated heterocycles. The number of carbonyl (C=O) groups excluding carboxylic acids is 2. The van der Waals surface area contributed by atoms with Crippen molar-refractivity contribution < 1.29 is 24.2 Å². The molecule has 182 valence electrons. The summed E-state index contributed by atoms with van der Waals surface area (Å²) in [5, 5.41) is 12.5. The molecule has 0 radical (unpaired) electrons. The van der Waals surface area contributed by atoms with Crippen molar-refractivity contribution in [3.8, 4) is 0 Å². The number of carbonyl (C=O) groups is 2. The molecule has 1 aliphatic heterocycles. The first-order valence-electron chi connectivity index (χ1n) is 11.9. The molecule has 0 atom stereocenters. The first-order valence-corrected chi connectivity index (χ1v) is 11.9. The third-order valence-electron chi connectivity index (χ3n) is 5.82. The van der Waals surface area contributed by atoms with Gasteiger partial charge in [0.1, 0.15) is 0 Å². The summed E-state index contributed by atoms with van der Waals surface area (Å²) in [5.74, 6) is -2.62. The van der Waals surface area contributed by atoms with E-state index in [9.17, 15) is 14.7 Å². The number of ether oxygens (including phenoxy) is 2. The van der Waals surface area contributed by atoms with Gasteiger partial charge in [0.05, 0.1) is 0 Å². The average molecular weight is 466 g/mol. The lowest BCUT2D eigenvalue weighted by Crippen LogP contribution is -2.58. The van der Waals surface area contributed by atoms with Crippen molar-refractivity contribution in [3.63, 3.8) is 0 Å². The van der Waals surface area contributed by atoms with Crippen LogP contribution in [0.5, 0.6) is 0 Å². The monoisotopic (exact) mass is 465 g/mol. The smallest absolute Gasteiger partial charge is 0.334 e. The molecule has 3 rings (SSSR count). The lowest BCUT2D eigenvalue weighted by Gasteiger charge is -2.45. The van der Waals surface area contributed by atoms with Gasteiger partial charge in [-0.2, -0.15) is 0 Å². The number of hydrogen-bond donors (Lipinski definition) is 1. The van der Waals surface area contributed by atoms with Crippen LogP contribution in [-0.2, 0) is 24.7 Å². The Morgan fingerprint density at radius 2 is 1.21 bits per heavy atom. The molecule has 2 aromatic carbocycles. The second kappa shape index (κ2) is 11.0. The zero-order valence-corrected chi connectivity index (χ0v) is 20.4. The minimum atomic E-state index is -1.97. The quantitative estimate of drug-likeness (QED) is 0.528. The molecule has 0 aromatic heterocycles. The molecule has 0 saturated carbocycles. The van der Waals surface area contributed by atoms with Crippen LogP contribution in [0.2, 0.25) is 0 Å². The Kier molecular flexibility index (Phi) is 8.28. The zero-order valence-electron chi connectivity index (χ0n) is 20.4. The number of esters is 2. The predicted molar refractivity (Wildman–Crippen MR) is 131 cm³/mol. The van der Waals surface area contributed by atoms with Gasteiger partial charge in [-0.1, -0.05) is 88.4 Å². The Labute approximate surface area is 202 Å². The van der Waals surface area contributed by atoms with Gasteiger partial charge >= 0.3 is 11.9 Å². The minimum absolute atomic E-state index is 0.0892. The van der Waals surface area contributed by atoms with Crippen LogP contribution in [0, 0.1) is 11.8 Å². The van der Waals surface area contributed by atoms with E-state index >= 15 is 0 Å². The molecule has 0 amide bonds. The van der Waals surface area contributed by atoms with Crippen molar-refractivity contribution in [3.05, 3.63) is 83.9 Å². The summed E-state index contributed by atoms with van der Waals surface area (Å²) < 4.78 is 11.7. The van der Waals surface area contributed by atoms with Crippen LogP contribution >= 0.6 is 0 Å². The normalized spacial score (nSPS) is 16.0. The Hall–Kier alpha value is -2.96. The summed E-state index contributed by atoms with van der Waals surface area (Å²) >= 11 is 0. The van der Waals surface area contributed by atoms with Crippen LogP contribution in [-0.4, -0.2) is 47.4 Å². The van der Waals surface area contributed by atoms with E-state index in [0.717, 1.165) is 25.2 Å². The lowest BCUT2D eigenvalue weighted by atomic mass is 9.77. The Balaban J connectivity index is 2.15. The van der Waals surface area contributed by atoms with Gasteiger partial charge in [-0.3, -0.25) is 0 Å². The molecule has 0 unspecified atom stereocenters. The predicted octanol–water partition coefficient (Wildman–Crippen LogP) is 4.28. The van der Waals surface area contributed by atoms with Crippen LogP contribution in [0.4, 0.5) is 0 Å². The second-order valence-corrected chi connectivity index (χ2v) is 9.67. The fourth-order valence-electron chi connectivity index (χ4n) is 4.54. The summed E-state index contributed by atoms with van der Waals surface area (Å²) in [6, 6.07) is 17.8. The van der Waals surface area contributed by atoms with E-state index in [2.05, 4.69) is 32.6 Å². The Morgan fingerprint density at radius 3 is 1.59 bits per heavy atom. The van der Waals surface area contributed by atoms with Crippen LogP contribution in [0.15, 0.2) is 72.8 Å². The van der Waals surface area contributed by atoms with Gasteiger partial charge in [0.25, 0.3) is 5.79 Å². The van der Waals surface area contributed by atoms with Gasteiger partial charge in [0.2, 0.25) is 0 Å². The van der Waals surface area contributed by atoms with E-state index in [-0.39, 0.29) is 6.42 Å². The minimum Gasteiger partial charge on any atom is -0.415 e. The molecule has 0 aliphatic carbocycles. The molecule has 34 heavy (non-hydrogen) atoms. The van der Waals surface area contributed by atoms with Gasteiger partial charge in [0.15, 0.2) is 5.60 Å². The van der Waals surface area contributed by atoms with E-state index < -0.39 is 23.3 Å². The number of cyclic esters (lactones) is 2. The van der Waals surface area contributed by atoms with Gasteiger partial charge in [0, 0.05) is 38.2 Å². The van der Waals surface area contributed by atoms with E-state index in [4.69, 9.17) is 9.47 Å². The summed E-state index contributed by atoms with van der Waals surface area (Å²) in [6.07, 6.45) is 2.17. The van der Waals surface area contributed by atoms with Gasteiger partial charge in [-0.15, -0.1) is 0 Å².